The monoisotopic (exact) mass is 396 g/mol. The molecule has 2 aromatic carbocycles. The highest BCUT2D eigenvalue weighted by Gasteiger charge is 2.21. The van der Waals surface area contributed by atoms with Crippen molar-refractivity contribution in [1.29, 1.82) is 0 Å². The van der Waals surface area contributed by atoms with Crippen molar-refractivity contribution in [2.24, 2.45) is 13.0 Å². The van der Waals surface area contributed by atoms with Gasteiger partial charge in [-0.25, -0.2) is 8.42 Å². The van der Waals surface area contributed by atoms with Gasteiger partial charge in [-0.15, -0.1) is 0 Å². The fourth-order valence-corrected chi connectivity index (χ4v) is 4.70. The average molecular weight is 397 g/mol. The molecular formula is C22H24N2O3S. The minimum atomic E-state index is -3.37. The molecule has 0 saturated heterocycles. The largest absolute Gasteiger partial charge is 0.317 e. The molecule has 4 rings (SSSR count). The Hall–Kier alpha value is -2.44. The van der Waals surface area contributed by atoms with Crippen LogP contribution in [0, 0.1) is 5.92 Å². The molecule has 0 bridgehead atoms. The standard InChI is InChI=1S/C22H24N2O3S/c1-24-15-21(19-7-2-3-8-20(19)22(24)25)17-5-4-6-18(13-17)28(26,27)12-11-23-14-16-9-10-16/h2-8,13,15-16,23H,9-12,14H2,1H3. The first-order valence-electron chi connectivity index (χ1n) is 9.58. The van der Waals surface area contributed by atoms with Crippen LogP contribution in [-0.4, -0.2) is 31.8 Å². The lowest BCUT2D eigenvalue weighted by atomic mass is 10.0. The van der Waals surface area contributed by atoms with E-state index in [1.807, 2.05) is 24.3 Å². The van der Waals surface area contributed by atoms with Gasteiger partial charge in [-0.1, -0.05) is 30.3 Å². The lowest BCUT2D eigenvalue weighted by Crippen LogP contribution is -2.24. The van der Waals surface area contributed by atoms with Gasteiger partial charge in [-0.3, -0.25) is 4.79 Å². The first-order chi connectivity index (χ1) is 13.5. The van der Waals surface area contributed by atoms with Crippen LogP contribution in [0.25, 0.3) is 21.9 Å². The lowest BCUT2D eigenvalue weighted by Gasteiger charge is -2.11. The maximum absolute atomic E-state index is 12.8. The fraction of sp³-hybridized carbons (Fsp3) is 0.318. The minimum absolute atomic E-state index is 0.0649. The number of hydrogen-bond donors (Lipinski definition) is 1. The molecule has 0 atom stereocenters. The van der Waals surface area contributed by atoms with Crippen LogP contribution < -0.4 is 10.9 Å². The molecule has 0 spiro atoms. The Labute approximate surface area is 164 Å². The molecule has 5 nitrogen and oxygen atoms in total. The van der Waals surface area contributed by atoms with Gasteiger partial charge in [0.05, 0.1) is 10.6 Å². The van der Waals surface area contributed by atoms with Gasteiger partial charge in [-0.2, -0.15) is 0 Å². The quantitative estimate of drug-likeness (QED) is 0.624. The van der Waals surface area contributed by atoms with Gasteiger partial charge in [0, 0.05) is 30.7 Å². The van der Waals surface area contributed by atoms with Crippen LogP contribution in [-0.2, 0) is 16.9 Å². The van der Waals surface area contributed by atoms with E-state index in [0.717, 1.165) is 29.0 Å². The predicted molar refractivity (Wildman–Crippen MR) is 112 cm³/mol. The maximum atomic E-state index is 12.8. The summed E-state index contributed by atoms with van der Waals surface area (Å²) in [5, 5.41) is 4.69. The molecule has 0 amide bonds. The molecule has 28 heavy (non-hydrogen) atoms. The molecule has 6 heteroatoms. The van der Waals surface area contributed by atoms with Crippen LogP contribution in [0.2, 0.25) is 0 Å². The normalized spacial score (nSPS) is 14.5. The number of aryl methyl sites for hydroxylation is 1. The van der Waals surface area contributed by atoms with Gasteiger partial charge < -0.3 is 9.88 Å². The van der Waals surface area contributed by atoms with Crippen LogP contribution >= 0.6 is 0 Å². The van der Waals surface area contributed by atoms with Crippen molar-refractivity contribution in [1.82, 2.24) is 9.88 Å². The van der Waals surface area contributed by atoms with Crippen molar-refractivity contribution in [2.45, 2.75) is 17.7 Å². The van der Waals surface area contributed by atoms with Crippen molar-refractivity contribution in [3.63, 3.8) is 0 Å². The van der Waals surface area contributed by atoms with E-state index in [1.54, 1.807) is 42.1 Å². The van der Waals surface area contributed by atoms with E-state index in [9.17, 15) is 13.2 Å². The van der Waals surface area contributed by atoms with Crippen molar-refractivity contribution in [2.75, 3.05) is 18.8 Å². The Morgan fingerprint density at radius 3 is 2.57 bits per heavy atom. The van der Waals surface area contributed by atoms with Crippen LogP contribution in [0.1, 0.15) is 12.8 Å². The number of benzene rings is 2. The average Bonchev–Trinajstić information content (AvgIpc) is 3.53. The summed E-state index contributed by atoms with van der Waals surface area (Å²) in [7, 11) is -1.66. The summed E-state index contributed by atoms with van der Waals surface area (Å²) in [6, 6.07) is 14.4. The Kier molecular flexibility index (Phi) is 5.08. The summed E-state index contributed by atoms with van der Waals surface area (Å²) in [6.07, 6.45) is 4.26. The first kappa shape index (κ1) is 18.9. The van der Waals surface area contributed by atoms with Crippen LogP contribution in [0.5, 0.6) is 0 Å². The molecule has 0 aliphatic heterocycles. The van der Waals surface area contributed by atoms with Gasteiger partial charge in [0.2, 0.25) is 0 Å². The van der Waals surface area contributed by atoms with Crippen LogP contribution in [0.3, 0.4) is 0 Å². The molecule has 1 aliphatic rings. The number of pyridine rings is 1. The van der Waals surface area contributed by atoms with E-state index in [4.69, 9.17) is 0 Å². The lowest BCUT2D eigenvalue weighted by molar-refractivity contribution is 0.588. The molecule has 1 N–H and O–H groups in total. The second-order valence-corrected chi connectivity index (χ2v) is 9.61. The summed E-state index contributed by atoms with van der Waals surface area (Å²) in [6.45, 7) is 1.37. The zero-order valence-electron chi connectivity index (χ0n) is 15.9. The van der Waals surface area contributed by atoms with E-state index >= 15 is 0 Å². The Morgan fingerprint density at radius 1 is 1.07 bits per heavy atom. The topological polar surface area (TPSA) is 68.2 Å². The summed E-state index contributed by atoms with van der Waals surface area (Å²) in [5.41, 5.74) is 1.57. The smallest absolute Gasteiger partial charge is 0.258 e. The van der Waals surface area contributed by atoms with E-state index in [2.05, 4.69) is 5.32 Å². The predicted octanol–water partition coefficient (Wildman–Crippen LogP) is 2.98. The summed E-state index contributed by atoms with van der Waals surface area (Å²) in [5.74, 6) is 0.807. The van der Waals surface area contributed by atoms with E-state index in [1.165, 1.54) is 12.8 Å². The number of nitrogens with zero attached hydrogens (tertiary/aromatic N) is 1. The van der Waals surface area contributed by atoms with E-state index in [0.29, 0.717) is 16.8 Å². The van der Waals surface area contributed by atoms with Crippen molar-refractivity contribution >= 4 is 20.6 Å². The third-order valence-corrected chi connectivity index (χ3v) is 6.99. The number of hydrogen-bond acceptors (Lipinski definition) is 4. The number of rotatable bonds is 7. The highest BCUT2D eigenvalue weighted by Crippen LogP contribution is 2.29. The van der Waals surface area contributed by atoms with Crippen LogP contribution in [0.15, 0.2) is 64.4 Å². The van der Waals surface area contributed by atoms with Crippen LogP contribution in [0.4, 0.5) is 0 Å². The highest BCUT2D eigenvalue weighted by molar-refractivity contribution is 7.91. The summed E-state index contributed by atoms with van der Waals surface area (Å²) in [4.78, 5) is 12.7. The Bertz CT molecular complexity index is 1180. The van der Waals surface area contributed by atoms with Gasteiger partial charge >= 0.3 is 0 Å². The molecule has 1 heterocycles. The van der Waals surface area contributed by atoms with Crippen molar-refractivity contribution < 1.29 is 8.42 Å². The van der Waals surface area contributed by atoms with Gasteiger partial charge in [0.1, 0.15) is 0 Å². The third kappa shape index (κ3) is 3.88. The third-order valence-electron chi connectivity index (χ3n) is 5.27. The molecule has 1 aromatic heterocycles. The molecule has 3 aromatic rings. The number of sulfone groups is 1. The molecular weight excluding hydrogens is 372 g/mol. The Morgan fingerprint density at radius 2 is 1.82 bits per heavy atom. The molecule has 0 radical (unpaired) electrons. The van der Waals surface area contributed by atoms with E-state index < -0.39 is 9.84 Å². The highest BCUT2D eigenvalue weighted by atomic mass is 32.2. The van der Waals surface area contributed by atoms with Gasteiger partial charge in [-0.05, 0) is 54.5 Å². The molecule has 146 valence electrons. The minimum Gasteiger partial charge on any atom is -0.317 e. The second kappa shape index (κ2) is 7.53. The summed E-state index contributed by atoms with van der Waals surface area (Å²) < 4.78 is 27.1. The molecule has 1 aliphatic carbocycles. The fourth-order valence-electron chi connectivity index (χ4n) is 3.46. The maximum Gasteiger partial charge on any atom is 0.258 e. The van der Waals surface area contributed by atoms with E-state index in [-0.39, 0.29) is 11.3 Å². The zero-order valence-corrected chi connectivity index (χ0v) is 16.7. The SMILES string of the molecule is Cn1cc(-c2cccc(S(=O)(=O)CCNCC3CC3)c2)c2ccccc2c1=O. The summed E-state index contributed by atoms with van der Waals surface area (Å²) >= 11 is 0. The van der Waals surface area contributed by atoms with Crippen molar-refractivity contribution in [3.05, 3.63) is 65.1 Å². The zero-order chi connectivity index (χ0) is 19.7. The van der Waals surface area contributed by atoms with Gasteiger partial charge in [0.25, 0.3) is 5.56 Å². The Balaban J connectivity index is 1.66. The molecule has 1 saturated carbocycles. The number of aromatic nitrogens is 1. The number of nitrogens with one attached hydrogen (secondary N) is 1. The molecule has 1 fully saturated rings. The van der Waals surface area contributed by atoms with Gasteiger partial charge in [0.15, 0.2) is 9.84 Å². The number of fused-ring (bicyclic) bond motifs is 1. The first-order valence-corrected chi connectivity index (χ1v) is 11.2. The second-order valence-electron chi connectivity index (χ2n) is 7.50. The van der Waals surface area contributed by atoms with Crippen molar-refractivity contribution in [3.8, 4) is 11.1 Å². The molecule has 0 unspecified atom stereocenters.